The highest BCUT2D eigenvalue weighted by atomic mass is 35.5. The fourth-order valence-electron chi connectivity index (χ4n) is 2.36. The first-order valence-electron chi connectivity index (χ1n) is 7.07. The summed E-state index contributed by atoms with van der Waals surface area (Å²) in [4.78, 5) is 21.8. The molecule has 0 aliphatic heterocycles. The number of anilines is 3. The molecular formula is C17H17ClN4O2. The van der Waals surface area contributed by atoms with E-state index in [-0.39, 0.29) is 18.0 Å². The fourth-order valence-corrected chi connectivity index (χ4v) is 2.36. The predicted molar refractivity (Wildman–Crippen MR) is 97.8 cm³/mol. The SMILES string of the molecule is CN(C)c1ccc(Nc2ncnc3cccc(C(=O)O)c23)cc1.Cl. The van der Waals surface area contributed by atoms with E-state index in [1.807, 2.05) is 43.3 Å². The van der Waals surface area contributed by atoms with Crippen molar-refractivity contribution in [3.63, 3.8) is 0 Å². The summed E-state index contributed by atoms with van der Waals surface area (Å²) in [5.74, 6) is -0.526. The summed E-state index contributed by atoms with van der Waals surface area (Å²) in [6, 6.07) is 12.8. The molecule has 124 valence electrons. The van der Waals surface area contributed by atoms with Crippen LogP contribution in [0, 0.1) is 0 Å². The number of carbonyl (C=O) groups is 1. The number of aromatic carboxylic acids is 1. The second-order valence-electron chi connectivity index (χ2n) is 5.29. The fraction of sp³-hybridized carbons (Fsp3) is 0.118. The second kappa shape index (κ2) is 7.14. The lowest BCUT2D eigenvalue weighted by Gasteiger charge is -2.14. The van der Waals surface area contributed by atoms with Gasteiger partial charge in [0.15, 0.2) is 0 Å². The second-order valence-corrected chi connectivity index (χ2v) is 5.29. The number of nitrogens with one attached hydrogen (secondary N) is 1. The maximum absolute atomic E-state index is 11.5. The minimum absolute atomic E-state index is 0. The highest BCUT2D eigenvalue weighted by Crippen LogP contribution is 2.27. The lowest BCUT2D eigenvalue weighted by atomic mass is 10.1. The molecule has 0 radical (unpaired) electrons. The molecule has 24 heavy (non-hydrogen) atoms. The highest BCUT2D eigenvalue weighted by Gasteiger charge is 2.13. The van der Waals surface area contributed by atoms with Crippen molar-refractivity contribution in [1.29, 1.82) is 0 Å². The first-order chi connectivity index (χ1) is 11.1. The molecule has 0 fully saturated rings. The van der Waals surface area contributed by atoms with Gasteiger partial charge in [-0.3, -0.25) is 0 Å². The van der Waals surface area contributed by atoms with Crippen LogP contribution >= 0.6 is 12.4 Å². The Bertz CT molecular complexity index is 861. The zero-order valence-electron chi connectivity index (χ0n) is 13.2. The lowest BCUT2D eigenvalue weighted by Crippen LogP contribution is -2.08. The molecule has 6 nitrogen and oxygen atoms in total. The quantitative estimate of drug-likeness (QED) is 0.753. The van der Waals surface area contributed by atoms with Gasteiger partial charge in [0.1, 0.15) is 12.1 Å². The molecule has 0 unspecified atom stereocenters. The Morgan fingerprint density at radius 2 is 1.79 bits per heavy atom. The van der Waals surface area contributed by atoms with Gasteiger partial charge in [-0.05, 0) is 36.4 Å². The normalized spacial score (nSPS) is 10.1. The van der Waals surface area contributed by atoms with Crippen LogP contribution in [-0.2, 0) is 0 Å². The number of halogens is 1. The van der Waals surface area contributed by atoms with Crippen LogP contribution < -0.4 is 10.2 Å². The van der Waals surface area contributed by atoms with E-state index >= 15 is 0 Å². The Labute approximate surface area is 145 Å². The topological polar surface area (TPSA) is 78.3 Å². The van der Waals surface area contributed by atoms with Crippen LogP contribution in [0.2, 0.25) is 0 Å². The number of carboxylic acids is 1. The highest BCUT2D eigenvalue weighted by molar-refractivity contribution is 6.07. The summed E-state index contributed by atoms with van der Waals surface area (Å²) in [7, 11) is 3.94. The van der Waals surface area contributed by atoms with Gasteiger partial charge in [-0.25, -0.2) is 14.8 Å². The third-order valence-corrected chi connectivity index (χ3v) is 3.54. The van der Waals surface area contributed by atoms with E-state index in [9.17, 15) is 9.90 Å². The van der Waals surface area contributed by atoms with Crippen LogP contribution in [0.15, 0.2) is 48.8 Å². The van der Waals surface area contributed by atoms with Crippen LogP contribution in [0.5, 0.6) is 0 Å². The lowest BCUT2D eigenvalue weighted by molar-refractivity contribution is 0.0699. The van der Waals surface area contributed by atoms with E-state index < -0.39 is 5.97 Å². The van der Waals surface area contributed by atoms with Gasteiger partial charge in [0.05, 0.1) is 16.5 Å². The molecule has 0 atom stereocenters. The van der Waals surface area contributed by atoms with Crippen LogP contribution in [0.25, 0.3) is 10.9 Å². The third kappa shape index (κ3) is 3.38. The summed E-state index contributed by atoms with van der Waals surface area (Å²) in [6.07, 6.45) is 1.42. The molecule has 0 aliphatic rings. The average molecular weight is 345 g/mol. The Balaban J connectivity index is 0.00000208. The smallest absolute Gasteiger partial charge is 0.336 e. The van der Waals surface area contributed by atoms with Crippen molar-refractivity contribution < 1.29 is 9.90 Å². The molecule has 0 saturated heterocycles. The molecule has 2 aromatic carbocycles. The number of benzene rings is 2. The maximum Gasteiger partial charge on any atom is 0.336 e. The molecule has 7 heteroatoms. The summed E-state index contributed by atoms with van der Waals surface area (Å²) in [6.45, 7) is 0. The number of rotatable bonds is 4. The van der Waals surface area contributed by atoms with Crippen molar-refractivity contribution >= 4 is 46.5 Å². The largest absolute Gasteiger partial charge is 0.478 e. The number of hydrogen-bond donors (Lipinski definition) is 2. The number of aromatic nitrogens is 2. The molecule has 2 N–H and O–H groups in total. The molecule has 0 aliphatic carbocycles. The van der Waals surface area contributed by atoms with Crippen molar-refractivity contribution in [2.24, 2.45) is 0 Å². The Morgan fingerprint density at radius 3 is 2.42 bits per heavy atom. The monoisotopic (exact) mass is 344 g/mol. The number of nitrogens with zero attached hydrogens (tertiary/aromatic N) is 3. The van der Waals surface area contributed by atoms with Gasteiger partial charge < -0.3 is 15.3 Å². The number of carboxylic acid groups (broad SMARTS) is 1. The van der Waals surface area contributed by atoms with Crippen LogP contribution in [0.1, 0.15) is 10.4 Å². The van der Waals surface area contributed by atoms with Crippen molar-refractivity contribution in [1.82, 2.24) is 9.97 Å². The van der Waals surface area contributed by atoms with Gasteiger partial charge >= 0.3 is 5.97 Å². The molecule has 1 heterocycles. The van der Waals surface area contributed by atoms with Crippen molar-refractivity contribution in [2.75, 3.05) is 24.3 Å². The van der Waals surface area contributed by atoms with Gasteiger partial charge in [-0.2, -0.15) is 0 Å². The Hall–Kier alpha value is -2.86. The van der Waals surface area contributed by atoms with Gasteiger partial charge in [-0.1, -0.05) is 6.07 Å². The summed E-state index contributed by atoms with van der Waals surface area (Å²) in [5, 5.41) is 13.1. The van der Waals surface area contributed by atoms with E-state index in [0.29, 0.717) is 16.7 Å². The van der Waals surface area contributed by atoms with Crippen molar-refractivity contribution in [3.05, 3.63) is 54.4 Å². The van der Waals surface area contributed by atoms with E-state index in [4.69, 9.17) is 0 Å². The van der Waals surface area contributed by atoms with E-state index in [0.717, 1.165) is 11.4 Å². The zero-order chi connectivity index (χ0) is 16.4. The standard InChI is InChI=1S/C17H16N4O2.ClH/c1-21(2)12-8-6-11(7-9-12)20-16-15-13(17(22)23)4-3-5-14(15)18-10-19-16;/h3-10H,1-2H3,(H,22,23)(H,18,19,20);1H. The first kappa shape index (κ1) is 17.5. The summed E-state index contributed by atoms with van der Waals surface area (Å²) in [5.41, 5.74) is 2.67. The molecule has 3 rings (SSSR count). The van der Waals surface area contributed by atoms with E-state index in [2.05, 4.69) is 15.3 Å². The maximum atomic E-state index is 11.5. The third-order valence-electron chi connectivity index (χ3n) is 3.54. The van der Waals surface area contributed by atoms with Gasteiger partial charge in [0, 0.05) is 25.5 Å². The minimum Gasteiger partial charge on any atom is -0.478 e. The van der Waals surface area contributed by atoms with Crippen molar-refractivity contribution in [3.8, 4) is 0 Å². The van der Waals surface area contributed by atoms with Crippen LogP contribution in [0.4, 0.5) is 17.2 Å². The van der Waals surface area contributed by atoms with Crippen LogP contribution in [-0.4, -0.2) is 35.1 Å². The summed E-state index contributed by atoms with van der Waals surface area (Å²) < 4.78 is 0. The molecule has 0 spiro atoms. The van der Waals surface area contributed by atoms with Gasteiger partial charge in [0.25, 0.3) is 0 Å². The minimum atomic E-state index is -1.00. The predicted octanol–water partition coefficient (Wildman–Crippen LogP) is 3.56. The Morgan fingerprint density at radius 1 is 1.08 bits per heavy atom. The molecule has 1 aromatic heterocycles. The molecule has 0 bridgehead atoms. The number of hydrogen-bond acceptors (Lipinski definition) is 5. The molecule has 3 aromatic rings. The van der Waals surface area contributed by atoms with E-state index in [1.165, 1.54) is 6.33 Å². The van der Waals surface area contributed by atoms with E-state index in [1.54, 1.807) is 18.2 Å². The zero-order valence-corrected chi connectivity index (χ0v) is 14.0. The van der Waals surface area contributed by atoms with Gasteiger partial charge in [-0.15, -0.1) is 12.4 Å². The van der Waals surface area contributed by atoms with Gasteiger partial charge in [0.2, 0.25) is 0 Å². The first-order valence-corrected chi connectivity index (χ1v) is 7.07. The molecular weight excluding hydrogens is 328 g/mol. The number of fused-ring (bicyclic) bond motifs is 1. The summed E-state index contributed by atoms with van der Waals surface area (Å²) >= 11 is 0. The molecule has 0 saturated carbocycles. The Kier molecular flexibility index (Phi) is 5.21. The molecule has 0 amide bonds. The van der Waals surface area contributed by atoms with Crippen LogP contribution in [0.3, 0.4) is 0 Å². The average Bonchev–Trinajstić information content (AvgIpc) is 2.55. The van der Waals surface area contributed by atoms with Crippen molar-refractivity contribution in [2.45, 2.75) is 0 Å².